The van der Waals surface area contributed by atoms with Crippen molar-refractivity contribution in [2.75, 3.05) is 19.6 Å². The minimum absolute atomic E-state index is 0.159. The van der Waals surface area contributed by atoms with E-state index in [1.807, 2.05) is 27.7 Å². The second-order valence-electron chi connectivity index (χ2n) is 9.80. The summed E-state index contributed by atoms with van der Waals surface area (Å²) in [5.74, 6) is 0.308. The lowest BCUT2D eigenvalue weighted by atomic mass is 10.1. The number of hydrogen-bond donors (Lipinski definition) is 0. The summed E-state index contributed by atoms with van der Waals surface area (Å²) in [5.41, 5.74) is -0.770. The molecule has 0 unspecified atom stereocenters. The van der Waals surface area contributed by atoms with Gasteiger partial charge in [-0.05, 0) is 64.1 Å². The molecule has 0 aliphatic carbocycles. The summed E-state index contributed by atoms with van der Waals surface area (Å²) in [6.07, 6.45) is -3.91. The van der Waals surface area contributed by atoms with Gasteiger partial charge < -0.3 is 19.3 Å². The van der Waals surface area contributed by atoms with Crippen LogP contribution in [0.3, 0.4) is 0 Å². The first-order valence-electron chi connectivity index (χ1n) is 11.7. The van der Waals surface area contributed by atoms with E-state index in [1.54, 1.807) is 40.1 Å². The molecule has 0 radical (unpaired) electrons. The maximum Gasteiger partial charge on any atom is 0.433 e. The molecule has 0 bridgehead atoms. The number of nitrogens with zero attached hydrogens (tertiary/aromatic N) is 4. The van der Waals surface area contributed by atoms with Gasteiger partial charge in [-0.15, -0.1) is 0 Å². The highest BCUT2D eigenvalue weighted by Crippen LogP contribution is 2.30. The molecule has 2 amide bonds. The Bertz CT molecular complexity index is 1310. The lowest BCUT2D eigenvalue weighted by Gasteiger charge is -2.40. The molecule has 1 aliphatic heterocycles. The Balaban J connectivity index is 1.42. The first-order chi connectivity index (χ1) is 17.3. The van der Waals surface area contributed by atoms with Crippen LogP contribution >= 0.6 is 0 Å². The number of piperazine rings is 1. The van der Waals surface area contributed by atoms with Gasteiger partial charge in [0.2, 0.25) is 0 Å². The van der Waals surface area contributed by atoms with Gasteiger partial charge in [0, 0.05) is 31.1 Å². The summed E-state index contributed by atoms with van der Waals surface area (Å²) in [6, 6.07) is 10.1. The quantitative estimate of drug-likeness (QED) is 0.456. The molecule has 196 valence electrons. The highest BCUT2D eigenvalue weighted by molar-refractivity contribution is 5.95. The van der Waals surface area contributed by atoms with E-state index in [0.29, 0.717) is 36.3 Å². The van der Waals surface area contributed by atoms with Crippen LogP contribution < -0.4 is 4.74 Å². The van der Waals surface area contributed by atoms with Gasteiger partial charge in [0.05, 0.1) is 11.7 Å². The van der Waals surface area contributed by atoms with Gasteiger partial charge in [0.25, 0.3) is 5.91 Å². The zero-order valence-corrected chi connectivity index (χ0v) is 20.9. The van der Waals surface area contributed by atoms with Gasteiger partial charge in [-0.1, -0.05) is 6.07 Å². The number of carbonyl (C=O) groups is 2. The van der Waals surface area contributed by atoms with Crippen LogP contribution in [0.25, 0.3) is 10.9 Å². The number of pyridine rings is 2. The Hall–Kier alpha value is -3.89. The van der Waals surface area contributed by atoms with Crippen molar-refractivity contribution in [3.8, 4) is 11.5 Å². The number of aromatic nitrogens is 2. The number of rotatable bonds is 3. The van der Waals surface area contributed by atoms with Gasteiger partial charge in [0.15, 0.2) is 0 Å². The Kier molecular flexibility index (Phi) is 6.98. The van der Waals surface area contributed by atoms with Crippen LogP contribution in [0.4, 0.5) is 18.0 Å². The van der Waals surface area contributed by atoms with E-state index in [1.165, 1.54) is 6.07 Å². The second kappa shape index (κ2) is 9.87. The van der Waals surface area contributed by atoms with E-state index in [4.69, 9.17) is 9.47 Å². The first-order valence-corrected chi connectivity index (χ1v) is 11.7. The van der Waals surface area contributed by atoms with Crippen LogP contribution in [0.15, 0.2) is 48.7 Å². The van der Waals surface area contributed by atoms with Gasteiger partial charge in [-0.25, -0.2) is 14.8 Å². The van der Waals surface area contributed by atoms with Gasteiger partial charge in [-0.2, -0.15) is 13.2 Å². The predicted octanol–water partition coefficient (Wildman–Crippen LogP) is 5.52. The van der Waals surface area contributed by atoms with Gasteiger partial charge in [0.1, 0.15) is 28.5 Å². The standard InChI is InChI=1S/C26H27F3N4O4/c1-16-15-32(11-12-33(16)24(35)37-25(2,3)4)23(34)21-8-5-17-13-18(6-9-20(17)31-21)36-19-7-10-22(30-14-19)26(27,28)29/h5-10,13-14,16H,11-12,15H2,1-4H3/t16-/m1/s1. The summed E-state index contributed by atoms with van der Waals surface area (Å²) in [4.78, 5) is 36.7. The van der Waals surface area contributed by atoms with E-state index < -0.39 is 23.6 Å². The zero-order chi connectivity index (χ0) is 27.0. The number of ether oxygens (including phenoxy) is 2. The molecule has 3 heterocycles. The molecule has 1 atom stereocenters. The van der Waals surface area contributed by atoms with Crippen molar-refractivity contribution in [2.45, 2.75) is 45.5 Å². The predicted molar refractivity (Wildman–Crippen MR) is 129 cm³/mol. The minimum Gasteiger partial charge on any atom is -0.456 e. The number of amides is 2. The van der Waals surface area contributed by atoms with Crippen LogP contribution in [-0.4, -0.2) is 63.0 Å². The number of fused-ring (bicyclic) bond motifs is 1. The van der Waals surface area contributed by atoms with Crippen molar-refractivity contribution in [1.29, 1.82) is 0 Å². The van der Waals surface area contributed by atoms with Crippen molar-refractivity contribution in [3.05, 3.63) is 60.0 Å². The molecular formula is C26H27F3N4O4. The number of alkyl halides is 3. The largest absolute Gasteiger partial charge is 0.456 e. The molecule has 4 rings (SSSR count). The number of hydrogen-bond acceptors (Lipinski definition) is 6. The third kappa shape index (κ3) is 6.28. The fourth-order valence-electron chi connectivity index (χ4n) is 3.93. The van der Waals surface area contributed by atoms with Crippen LogP contribution in [0.2, 0.25) is 0 Å². The lowest BCUT2D eigenvalue weighted by molar-refractivity contribution is -0.141. The number of halogens is 3. The highest BCUT2D eigenvalue weighted by atomic mass is 19.4. The molecule has 0 N–H and O–H groups in total. The smallest absolute Gasteiger partial charge is 0.433 e. The van der Waals surface area contributed by atoms with E-state index >= 15 is 0 Å². The van der Waals surface area contributed by atoms with Crippen LogP contribution in [-0.2, 0) is 10.9 Å². The van der Waals surface area contributed by atoms with Crippen molar-refractivity contribution in [2.24, 2.45) is 0 Å². The Morgan fingerprint density at radius 3 is 2.35 bits per heavy atom. The zero-order valence-electron chi connectivity index (χ0n) is 20.9. The monoisotopic (exact) mass is 516 g/mol. The normalized spacial score (nSPS) is 16.6. The molecule has 8 nitrogen and oxygen atoms in total. The molecule has 1 aliphatic rings. The van der Waals surface area contributed by atoms with Crippen molar-refractivity contribution in [3.63, 3.8) is 0 Å². The molecular weight excluding hydrogens is 489 g/mol. The summed E-state index contributed by atoms with van der Waals surface area (Å²) >= 11 is 0. The van der Waals surface area contributed by atoms with E-state index in [0.717, 1.165) is 12.3 Å². The van der Waals surface area contributed by atoms with Gasteiger partial charge >= 0.3 is 12.3 Å². The SMILES string of the molecule is C[C@@H]1CN(C(=O)c2ccc3cc(Oc4ccc(C(F)(F)F)nc4)ccc3n2)CCN1C(=O)OC(C)(C)C. The molecule has 3 aromatic rings. The maximum absolute atomic E-state index is 13.1. The number of benzene rings is 1. The summed E-state index contributed by atoms with van der Waals surface area (Å²) in [5, 5.41) is 0.692. The highest BCUT2D eigenvalue weighted by Gasteiger charge is 2.33. The van der Waals surface area contributed by atoms with Crippen LogP contribution in [0.1, 0.15) is 43.9 Å². The molecule has 0 saturated carbocycles. The molecule has 11 heteroatoms. The molecule has 1 fully saturated rings. The van der Waals surface area contributed by atoms with E-state index in [-0.39, 0.29) is 23.4 Å². The third-order valence-electron chi connectivity index (χ3n) is 5.68. The molecule has 1 aromatic carbocycles. The fourth-order valence-corrected chi connectivity index (χ4v) is 3.93. The topological polar surface area (TPSA) is 84.9 Å². The van der Waals surface area contributed by atoms with E-state index in [2.05, 4.69) is 9.97 Å². The van der Waals surface area contributed by atoms with Crippen molar-refractivity contribution < 1.29 is 32.2 Å². The average molecular weight is 517 g/mol. The molecule has 37 heavy (non-hydrogen) atoms. The Morgan fingerprint density at radius 1 is 1.00 bits per heavy atom. The number of carbonyl (C=O) groups excluding carboxylic acids is 2. The van der Waals surface area contributed by atoms with Crippen LogP contribution in [0.5, 0.6) is 11.5 Å². The van der Waals surface area contributed by atoms with Crippen molar-refractivity contribution >= 4 is 22.9 Å². The Labute approximate surface area is 212 Å². The van der Waals surface area contributed by atoms with E-state index in [9.17, 15) is 22.8 Å². The summed E-state index contributed by atoms with van der Waals surface area (Å²) in [7, 11) is 0. The van der Waals surface area contributed by atoms with Crippen molar-refractivity contribution in [1.82, 2.24) is 19.8 Å². The molecule has 0 spiro atoms. The Morgan fingerprint density at radius 2 is 1.73 bits per heavy atom. The first kappa shape index (κ1) is 26.2. The fraction of sp³-hybridized carbons (Fsp3) is 0.385. The third-order valence-corrected chi connectivity index (χ3v) is 5.68. The summed E-state index contributed by atoms with van der Waals surface area (Å²) < 4.78 is 49.2. The average Bonchev–Trinajstić information content (AvgIpc) is 2.82. The molecule has 2 aromatic heterocycles. The molecule has 1 saturated heterocycles. The lowest BCUT2D eigenvalue weighted by Crippen LogP contribution is -2.56. The minimum atomic E-state index is -4.52. The summed E-state index contributed by atoms with van der Waals surface area (Å²) in [6.45, 7) is 8.35. The van der Waals surface area contributed by atoms with Gasteiger partial charge in [-0.3, -0.25) is 4.79 Å². The second-order valence-corrected chi connectivity index (χ2v) is 9.80. The van der Waals surface area contributed by atoms with Crippen LogP contribution in [0, 0.1) is 0 Å². The maximum atomic E-state index is 13.1.